The van der Waals surface area contributed by atoms with Crippen LogP contribution in [0.25, 0.3) is 0 Å². The Morgan fingerprint density at radius 3 is 2.89 bits per heavy atom. The quantitative estimate of drug-likeness (QED) is 0.786. The zero-order valence-corrected chi connectivity index (χ0v) is 11.7. The van der Waals surface area contributed by atoms with E-state index in [0.29, 0.717) is 16.6 Å². The summed E-state index contributed by atoms with van der Waals surface area (Å²) >= 11 is 6.24. The molecular formula is C14H19ClN2O. The van der Waals surface area contributed by atoms with Gasteiger partial charge in [0.15, 0.2) is 0 Å². The minimum absolute atomic E-state index is 0.489. The van der Waals surface area contributed by atoms with E-state index in [1.54, 1.807) is 6.07 Å². The van der Waals surface area contributed by atoms with Crippen molar-refractivity contribution in [3.63, 3.8) is 0 Å². The van der Waals surface area contributed by atoms with Gasteiger partial charge in [-0.1, -0.05) is 11.6 Å². The predicted molar refractivity (Wildman–Crippen MR) is 75.8 cm³/mol. The number of likely N-dealkylation sites (tertiary alicyclic amines) is 1. The fraction of sp³-hybridized carbons (Fsp3) is 0.500. The molecule has 1 unspecified atom stereocenters. The van der Waals surface area contributed by atoms with E-state index in [4.69, 9.17) is 11.6 Å². The first-order chi connectivity index (χ1) is 8.61. The van der Waals surface area contributed by atoms with Crippen LogP contribution in [0.3, 0.4) is 0 Å². The molecule has 1 saturated heterocycles. The van der Waals surface area contributed by atoms with E-state index in [0.717, 1.165) is 18.5 Å². The first-order valence-corrected chi connectivity index (χ1v) is 6.65. The highest BCUT2D eigenvalue weighted by Gasteiger charge is 2.22. The van der Waals surface area contributed by atoms with Gasteiger partial charge in [0.25, 0.3) is 0 Å². The molecule has 0 spiro atoms. The molecule has 3 nitrogen and oxygen atoms in total. The number of benzene rings is 1. The highest BCUT2D eigenvalue weighted by atomic mass is 35.5. The molecule has 0 aliphatic carbocycles. The second-order valence-electron chi connectivity index (χ2n) is 5.00. The Kier molecular flexibility index (Phi) is 4.25. The van der Waals surface area contributed by atoms with Crippen LogP contribution in [0.2, 0.25) is 5.02 Å². The van der Waals surface area contributed by atoms with Gasteiger partial charge in [0.1, 0.15) is 6.29 Å². The monoisotopic (exact) mass is 266 g/mol. The maximum Gasteiger partial charge on any atom is 0.150 e. The molecular weight excluding hydrogens is 248 g/mol. The molecule has 0 radical (unpaired) electrons. The smallest absolute Gasteiger partial charge is 0.150 e. The number of rotatable bonds is 3. The molecule has 18 heavy (non-hydrogen) atoms. The molecule has 0 saturated carbocycles. The van der Waals surface area contributed by atoms with Gasteiger partial charge in [0.05, 0.1) is 10.7 Å². The molecule has 0 bridgehead atoms. The molecule has 0 N–H and O–H groups in total. The summed E-state index contributed by atoms with van der Waals surface area (Å²) in [4.78, 5) is 15.3. The van der Waals surface area contributed by atoms with Crippen LogP contribution in [0.4, 0.5) is 5.69 Å². The Bertz CT molecular complexity index is 436. The van der Waals surface area contributed by atoms with Crippen LogP contribution < -0.4 is 4.90 Å². The average Bonchev–Trinajstić information content (AvgIpc) is 2.37. The van der Waals surface area contributed by atoms with Gasteiger partial charge in [-0.05, 0) is 44.6 Å². The van der Waals surface area contributed by atoms with Crippen molar-refractivity contribution in [3.8, 4) is 0 Å². The number of hydrogen-bond acceptors (Lipinski definition) is 3. The summed E-state index contributed by atoms with van der Waals surface area (Å²) in [6, 6.07) is 5.97. The molecule has 1 atom stereocenters. The Morgan fingerprint density at radius 2 is 2.28 bits per heavy atom. The van der Waals surface area contributed by atoms with E-state index < -0.39 is 0 Å². The van der Waals surface area contributed by atoms with Crippen molar-refractivity contribution >= 4 is 23.6 Å². The van der Waals surface area contributed by atoms with E-state index in [1.165, 1.54) is 19.4 Å². The van der Waals surface area contributed by atoms with Gasteiger partial charge in [0.2, 0.25) is 0 Å². The lowest BCUT2D eigenvalue weighted by atomic mass is 10.0. The predicted octanol–water partition coefficient (Wildman–Crippen LogP) is 2.68. The third-order valence-corrected chi connectivity index (χ3v) is 3.94. The minimum atomic E-state index is 0.489. The number of nitrogens with zero attached hydrogens (tertiary/aromatic N) is 2. The third kappa shape index (κ3) is 2.85. The molecule has 1 aliphatic heterocycles. The van der Waals surface area contributed by atoms with E-state index >= 15 is 0 Å². The summed E-state index contributed by atoms with van der Waals surface area (Å²) in [5.41, 5.74) is 1.63. The molecule has 1 fully saturated rings. The Balaban J connectivity index is 2.17. The van der Waals surface area contributed by atoms with Crippen molar-refractivity contribution in [2.75, 3.05) is 32.1 Å². The molecule has 98 valence electrons. The van der Waals surface area contributed by atoms with Crippen LogP contribution in [0.15, 0.2) is 18.2 Å². The van der Waals surface area contributed by atoms with Crippen molar-refractivity contribution in [1.82, 2.24) is 4.90 Å². The zero-order valence-electron chi connectivity index (χ0n) is 10.9. The largest absolute Gasteiger partial charge is 0.369 e. The highest BCUT2D eigenvalue weighted by Crippen LogP contribution is 2.29. The fourth-order valence-corrected chi connectivity index (χ4v) is 2.86. The summed E-state index contributed by atoms with van der Waals surface area (Å²) < 4.78 is 0. The SMILES string of the molecule is CN1CCCC(N(C)c2ccc(C=O)cc2Cl)C1. The number of aldehydes is 1. The second-order valence-corrected chi connectivity index (χ2v) is 5.41. The maximum absolute atomic E-state index is 10.7. The highest BCUT2D eigenvalue weighted by molar-refractivity contribution is 6.33. The molecule has 1 aliphatic rings. The Hall–Kier alpha value is -1.06. The van der Waals surface area contributed by atoms with Crippen molar-refractivity contribution < 1.29 is 4.79 Å². The van der Waals surface area contributed by atoms with E-state index in [9.17, 15) is 4.79 Å². The first kappa shape index (κ1) is 13.4. The summed E-state index contributed by atoms with van der Waals surface area (Å²) in [6.45, 7) is 2.23. The van der Waals surface area contributed by atoms with E-state index in [2.05, 4.69) is 23.9 Å². The van der Waals surface area contributed by atoms with Crippen molar-refractivity contribution in [1.29, 1.82) is 0 Å². The number of piperidine rings is 1. The topological polar surface area (TPSA) is 23.6 Å². The standard InChI is InChI=1S/C14H19ClN2O/c1-16-7-3-4-12(9-16)17(2)14-6-5-11(10-18)8-13(14)15/h5-6,8,10,12H,3-4,7,9H2,1-2H3. The fourth-order valence-electron chi connectivity index (χ4n) is 2.53. The Morgan fingerprint density at radius 1 is 1.50 bits per heavy atom. The molecule has 4 heteroatoms. The number of anilines is 1. The van der Waals surface area contributed by atoms with Crippen LogP contribution >= 0.6 is 11.6 Å². The number of carbonyl (C=O) groups is 1. The normalized spacial score (nSPS) is 20.7. The van der Waals surface area contributed by atoms with Crippen LogP contribution in [-0.4, -0.2) is 44.4 Å². The maximum atomic E-state index is 10.7. The lowest BCUT2D eigenvalue weighted by Gasteiger charge is -2.37. The molecule has 2 rings (SSSR count). The van der Waals surface area contributed by atoms with E-state index in [1.807, 2.05) is 12.1 Å². The minimum Gasteiger partial charge on any atom is -0.369 e. The number of likely N-dealkylation sites (N-methyl/N-ethyl adjacent to an activating group) is 2. The van der Waals surface area contributed by atoms with Crippen LogP contribution in [0, 0.1) is 0 Å². The molecule has 1 aromatic carbocycles. The average molecular weight is 267 g/mol. The number of halogens is 1. The van der Waals surface area contributed by atoms with Gasteiger partial charge in [-0.2, -0.15) is 0 Å². The summed E-state index contributed by atoms with van der Waals surface area (Å²) in [7, 11) is 4.22. The van der Waals surface area contributed by atoms with Gasteiger partial charge >= 0.3 is 0 Å². The van der Waals surface area contributed by atoms with Gasteiger partial charge in [-0.3, -0.25) is 4.79 Å². The third-order valence-electron chi connectivity index (χ3n) is 3.64. The molecule has 0 amide bonds. The Labute approximate surface area is 113 Å². The molecule has 1 aromatic rings. The molecule has 0 aromatic heterocycles. The first-order valence-electron chi connectivity index (χ1n) is 6.28. The summed E-state index contributed by atoms with van der Waals surface area (Å²) in [5.74, 6) is 0. The summed E-state index contributed by atoms with van der Waals surface area (Å²) in [5, 5.41) is 0.648. The second kappa shape index (κ2) is 5.72. The molecule has 1 heterocycles. The van der Waals surface area contributed by atoms with E-state index in [-0.39, 0.29) is 0 Å². The lowest BCUT2D eigenvalue weighted by molar-refractivity contribution is 0.112. The van der Waals surface area contributed by atoms with Crippen LogP contribution in [-0.2, 0) is 0 Å². The lowest BCUT2D eigenvalue weighted by Crippen LogP contribution is -2.45. The van der Waals surface area contributed by atoms with Crippen molar-refractivity contribution in [2.24, 2.45) is 0 Å². The van der Waals surface area contributed by atoms with Gasteiger partial charge in [-0.25, -0.2) is 0 Å². The van der Waals surface area contributed by atoms with Crippen molar-refractivity contribution in [3.05, 3.63) is 28.8 Å². The zero-order chi connectivity index (χ0) is 13.1. The van der Waals surface area contributed by atoms with Gasteiger partial charge in [-0.15, -0.1) is 0 Å². The van der Waals surface area contributed by atoms with Crippen LogP contribution in [0.5, 0.6) is 0 Å². The van der Waals surface area contributed by atoms with Crippen molar-refractivity contribution in [2.45, 2.75) is 18.9 Å². The number of carbonyl (C=O) groups excluding carboxylic acids is 1. The van der Waals surface area contributed by atoms with Gasteiger partial charge in [0, 0.05) is 25.2 Å². The van der Waals surface area contributed by atoms with Gasteiger partial charge < -0.3 is 9.80 Å². The summed E-state index contributed by atoms with van der Waals surface area (Å²) in [6.07, 6.45) is 3.23. The van der Waals surface area contributed by atoms with Crippen LogP contribution in [0.1, 0.15) is 23.2 Å². The number of hydrogen-bond donors (Lipinski definition) is 0.